The molecule has 0 aromatic carbocycles. The van der Waals surface area contributed by atoms with E-state index >= 15 is 0 Å². The highest BCUT2D eigenvalue weighted by atomic mass is 16.5. The summed E-state index contributed by atoms with van der Waals surface area (Å²) in [5.41, 5.74) is 0. The summed E-state index contributed by atoms with van der Waals surface area (Å²) in [5, 5.41) is 3.09. The van der Waals surface area contributed by atoms with Crippen LogP contribution >= 0.6 is 0 Å². The van der Waals surface area contributed by atoms with E-state index in [1.165, 1.54) is 0 Å². The molecule has 5 nitrogen and oxygen atoms in total. The smallest absolute Gasteiger partial charge is 0.223 e. The maximum atomic E-state index is 12.3. The van der Waals surface area contributed by atoms with Gasteiger partial charge >= 0.3 is 0 Å². The Labute approximate surface area is 132 Å². The summed E-state index contributed by atoms with van der Waals surface area (Å²) in [5.74, 6) is 0.430. The molecule has 0 unspecified atom stereocenters. The van der Waals surface area contributed by atoms with Crippen molar-refractivity contribution < 1.29 is 9.53 Å². The number of carbonyl (C=O) groups excluding carboxylic acids is 1. The van der Waals surface area contributed by atoms with Gasteiger partial charge in [0.2, 0.25) is 5.91 Å². The Kier molecular flexibility index (Phi) is 5.51. The number of likely N-dealkylation sites (tertiary alicyclic amines) is 1. The van der Waals surface area contributed by atoms with Crippen molar-refractivity contribution in [1.29, 1.82) is 0 Å². The SMILES string of the molecule is O=C(NCCn1cccc1)C1CCN(C2CCOCC2)CC1. The molecular weight excluding hydrogens is 278 g/mol. The van der Waals surface area contributed by atoms with E-state index in [9.17, 15) is 4.79 Å². The summed E-state index contributed by atoms with van der Waals surface area (Å²) in [6.07, 6.45) is 8.33. The summed E-state index contributed by atoms with van der Waals surface area (Å²) in [6, 6.07) is 4.69. The van der Waals surface area contributed by atoms with Crippen molar-refractivity contribution in [3.05, 3.63) is 24.5 Å². The van der Waals surface area contributed by atoms with Gasteiger partial charge in [0.25, 0.3) is 0 Å². The number of piperidine rings is 1. The van der Waals surface area contributed by atoms with Gasteiger partial charge in [0.1, 0.15) is 0 Å². The second kappa shape index (κ2) is 7.79. The fourth-order valence-electron chi connectivity index (χ4n) is 3.55. The minimum atomic E-state index is 0.195. The molecule has 2 aliphatic rings. The van der Waals surface area contributed by atoms with Crippen molar-refractivity contribution >= 4 is 5.91 Å². The first kappa shape index (κ1) is 15.6. The molecular formula is C17H27N3O2. The van der Waals surface area contributed by atoms with Crippen molar-refractivity contribution in [3.63, 3.8) is 0 Å². The van der Waals surface area contributed by atoms with Crippen LogP contribution in [0.3, 0.4) is 0 Å². The zero-order valence-corrected chi connectivity index (χ0v) is 13.2. The number of hydrogen-bond acceptors (Lipinski definition) is 3. The molecule has 2 fully saturated rings. The molecule has 3 heterocycles. The summed E-state index contributed by atoms with van der Waals surface area (Å²) >= 11 is 0. The number of rotatable bonds is 5. The number of carbonyl (C=O) groups is 1. The summed E-state index contributed by atoms with van der Waals surface area (Å²) < 4.78 is 7.52. The van der Waals surface area contributed by atoms with Crippen molar-refractivity contribution in [1.82, 2.24) is 14.8 Å². The summed E-state index contributed by atoms with van der Waals surface area (Å²) in [6.45, 7) is 5.46. The van der Waals surface area contributed by atoms with Crippen LogP contribution in [0.2, 0.25) is 0 Å². The van der Waals surface area contributed by atoms with Gasteiger partial charge in [-0.3, -0.25) is 4.79 Å². The molecule has 2 saturated heterocycles. The maximum absolute atomic E-state index is 12.3. The monoisotopic (exact) mass is 305 g/mol. The second-order valence-electron chi connectivity index (χ2n) is 6.37. The summed E-state index contributed by atoms with van der Waals surface area (Å²) in [7, 11) is 0. The van der Waals surface area contributed by atoms with Gasteiger partial charge in [-0.25, -0.2) is 0 Å². The first-order valence-corrected chi connectivity index (χ1v) is 8.53. The lowest BCUT2D eigenvalue weighted by Crippen LogP contribution is -2.46. The lowest BCUT2D eigenvalue weighted by molar-refractivity contribution is -0.126. The van der Waals surface area contributed by atoms with Crippen LogP contribution < -0.4 is 5.32 Å². The predicted molar refractivity (Wildman–Crippen MR) is 85.6 cm³/mol. The molecule has 0 atom stereocenters. The van der Waals surface area contributed by atoms with Crippen LogP contribution in [0.25, 0.3) is 0 Å². The second-order valence-corrected chi connectivity index (χ2v) is 6.37. The molecule has 1 amide bonds. The third-order valence-electron chi connectivity index (χ3n) is 4.94. The predicted octanol–water partition coefficient (Wildman–Crippen LogP) is 1.50. The zero-order chi connectivity index (χ0) is 15.2. The number of amides is 1. The molecule has 22 heavy (non-hydrogen) atoms. The van der Waals surface area contributed by atoms with Crippen LogP contribution in [0, 0.1) is 5.92 Å². The Morgan fingerprint density at radius 1 is 1.09 bits per heavy atom. The minimum Gasteiger partial charge on any atom is -0.381 e. The molecule has 1 aromatic rings. The summed E-state index contributed by atoms with van der Waals surface area (Å²) in [4.78, 5) is 14.8. The van der Waals surface area contributed by atoms with E-state index in [1.54, 1.807) is 0 Å². The highest BCUT2D eigenvalue weighted by Gasteiger charge is 2.29. The Morgan fingerprint density at radius 2 is 1.77 bits per heavy atom. The quantitative estimate of drug-likeness (QED) is 0.897. The molecule has 122 valence electrons. The molecule has 0 saturated carbocycles. The standard InChI is InChI=1S/C17H27N3O2/c21-17(18-7-12-19-8-1-2-9-19)15-3-10-20(11-4-15)16-5-13-22-14-6-16/h1-2,8-9,15-16H,3-7,10-14H2,(H,18,21). The number of ether oxygens (including phenoxy) is 1. The van der Waals surface area contributed by atoms with Crippen LogP contribution in [0.5, 0.6) is 0 Å². The lowest BCUT2D eigenvalue weighted by Gasteiger charge is -2.38. The molecule has 0 spiro atoms. The Balaban J connectivity index is 1.36. The van der Waals surface area contributed by atoms with Gasteiger partial charge in [-0.05, 0) is 50.9 Å². The molecule has 2 aliphatic heterocycles. The van der Waals surface area contributed by atoms with Gasteiger partial charge in [-0.15, -0.1) is 0 Å². The normalized spacial score (nSPS) is 21.8. The highest BCUT2D eigenvalue weighted by molar-refractivity contribution is 5.78. The highest BCUT2D eigenvalue weighted by Crippen LogP contribution is 2.23. The van der Waals surface area contributed by atoms with Gasteiger partial charge in [0.05, 0.1) is 0 Å². The van der Waals surface area contributed by atoms with Crippen molar-refractivity contribution in [3.8, 4) is 0 Å². The van der Waals surface area contributed by atoms with Crippen LogP contribution in [0.1, 0.15) is 25.7 Å². The Bertz CT molecular complexity index is 446. The molecule has 0 radical (unpaired) electrons. The Hall–Kier alpha value is -1.33. The topological polar surface area (TPSA) is 46.5 Å². The largest absolute Gasteiger partial charge is 0.381 e. The van der Waals surface area contributed by atoms with Gasteiger partial charge in [0, 0.05) is 50.7 Å². The van der Waals surface area contributed by atoms with E-state index in [0.29, 0.717) is 12.6 Å². The minimum absolute atomic E-state index is 0.195. The number of hydrogen-bond donors (Lipinski definition) is 1. The molecule has 1 aromatic heterocycles. The molecule has 3 rings (SSSR count). The first-order valence-electron chi connectivity index (χ1n) is 8.53. The molecule has 1 N–H and O–H groups in total. The zero-order valence-electron chi connectivity index (χ0n) is 13.2. The molecule has 5 heteroatoms. The third kappa shape index (κ3) is 4.11. The van der Waals surface area contributed by atoms with Gasteiger partial charge in [-0.1, -0.05) is 0 Å². The average molecular weight is 305 g/mol. The van der Waals surface area contributed by atoms with E-state index in [-0.39, 0.29) is 11.8 Å². The number of nitrogens with zero attached hydrogens (tertiary/aromatic N) is 2. The van der Waals surface area contributed by atoms with Gasteiger partial charge in [-0.2, -0.15) is 0 Å². The van der Waals surface area contributed by atoms with Gasteiger partial charge in [0.15, 0.2) is 0 Å². The fourth-order valence-corrected chi connectivity index (χ4v) is 3.55. The first-order chi connectivity index (χ1) is 10.8. The van der Waals surface area contributed by atoms with Crippen LogP contribution in [-0.2, 0) is 16.1 Å². The van der Waals surface area contributed by atoms with Crippen molar-refractivity contribution in [2.24, 2.45) is 5.92 Å². The van der Waals surface area contributed by atoms with Crippen LogP contribution in [-0.4, -0.2) is 54.3 Å². The van der Waals surface area contributed by atoms with E-state index in [1.807, 2.05) is 24.5 Å². The average Bonchev–Trinajstić information content (AvgIpc) is 3.09. The van der Waals surface area contributed by atoms with E-state index in [0.717, 1.165) is 58.5 Å². The lowest BCUT2D eigenvalue weighted by atomic mass is 9.93. The van der Waals surface area contributed by atoms with E-state index in [4.69, 9.17) is 4.74 Å². The maximum Gasteiger partial charge on any atom is 0.223 e. The van der Waals surface area contributed by atoms with E-state index < -0.39 is 0 Å². The van der Waals surface area contributed by atoms with Crippen LogP contribution in [0.4, 0.5) is 0 Å². The fraction of sp³-hybridized carbons (Fsp3) is 0.706. The Morgan fingerprint density at radius 3 is 2.45 bits per heavy atom. The number of aromatic nitrogens is 1. The van der Waals surface area contributed by atoms with Crippen LogP contribution in [0.15, 0.2) is 24.5 Å². The van der Waals surface area contributed by atoms with Crippen molar-refractivity contribution in [2.45, 2.75) is 38.3 Å². The molecule has 0 bridgehead atoms. The number of nitrogens with one attached hydrogen (secondary N) is 1. The molecule has 0 aliphatic carbocycles. The van der Waals surface area contributed by atoms with Crippen molar-refractivity contribution in [2.75, 3.05) is 32.8 Å². The van der Waals surface area contributed by atoms with E-state index in [2.05, 4.69) is 14.8 Å². The third-order valence-corrected chi connectivity index (χ3v) is 4.94. The van der Waals surface area contributed by atoms with Gasteiger partial charge < -0.3 is 19.5 Å².